The van der Waals surface area contributed by atoms with Crippen molar-refractivity contribution < 1.29 is 0 Å². The number of benzene rings is 1. The van der Waals surface area contributed by atoms with Crippen molar-refractivity contribution in [2.45, 2.75) is 18.3 Å². The average molecular weight is 276 g/mol. The predicted molar refractivity (Wildman–Crippen MR) is 77.5 cm³/mol. The molecule has 0 atom stereocenters. The first-order valence-corrected chi connectivity index (χ1v) is 7.01. The lowest BCUT2D eigenvalue weighted by Crippen LogP contribution is -2.57. The van der Waals surface area contributed by atoms with Gasteiger partial charge in [-0.25, -0.2) is 0 Å². The van der Waals surface area contributed by atoms with Gasteiger partial charge in [-0.2, -0.15) is 5.10 Å². The molecule has 0 bridgehead atoms. The van der Waals surface area contributed by atoms with Crippen molar-refractivity contribution in [3.8, 4) is 0 Å². The summed E-state index contributed by atoms with van der Waals surface area (Å²) >= 11 is 5.97. The van der Waals surface area contributed by atoms with Crippen molar-refractivity contribution in [3.05, 3.63) is 52.8 Å². The van der Waals surface area contributed by atoms with E-state index in [1.807, 2.05) is 30.1 Å². The molecule has 3 nitrogen and oxygen atoms in total. The summed E-state index contributed by atoms with van der Waals surface area (Å²) in [6.45, 7) is 2.10. The largest absolute Gasteiger partial charge is 0.315 e. The number of rotatable bonds is 4. The highest BCUT2D eigenvalue weighted by Gasteiger charge is 2.38. The molecule has 0 amide bonds. The summed E-state index contributed by atoms with van der Waals surface area (Å²) in [6.07, 6.45) is 4.06. The smallest absolute Gasteiger partial charge is 0.0492 e. The standard InChI is InChI=1S/C15H18ClN3/c1-19-14(7-9-18-19)6-8-15(10-17-11-15)12-2-4-13(16)5-3-12/h2-5,7,9,17H,6,8,10-11H2,1H3. The maximum absolute atomic E-state index is 5.97. The molecule has 1 aromatic heterocycles. The maximum Gasteiger partial charge on any atom is 0.0492 e. The van der Waals surface area contributed by atoms with Crippen LogP contribution in [0.4, 0.5) is 0 Å². The zero-order chi connectivity index (χ0) is 13.3. The fourth-order valence-electron chi connectivity index (χ4n) is 2.77. The topological polar surface area (TPSA) is 29.9 Å². The van der Waals surface area contributed by atoms with Crippen molar-refractivity contribution in [1.82, 2.24) is 15.1 Å². The molecule has 1 fully saturated rings. The third kappa shape index (κ3) is 2.40. The second-order valence-electron chi connectivity index (χ2n) is 5.34. The number of halogens is 1. The first kappa shape index (κ1) is 12.7. The van der Waals surface area contributed by atoms with E-state index in [0.29, 0.717) is 0 Å². The number of aryl methyl sites for hydroxylation is 2. The van der Waals surface area contributed by atoms with Crippen molar-refractivity contribution in [2.75, 3.05) is 13.1 Å². The summed E-state index contributed by atoms with van der Waals surface area (Å²) in [5.41, 5.74) is 2.94. The number of hydrogen-bond donors (Lipinski definition) is 1. The van der Waals surface area contributed by atoms with Gasteiger partial charge in [0, 0.05) is 42.5 Å². The van der Waals surface area contributed by atoms with Gasteiger partial charge in [-0.3, -0.25) is 4.68 Å². The molecule has 19 heavy (non-hydrogen) atoms. The second-order valence-corrected chi connectivity index (χ2v) is 5.77. The van der Waals surface area contributed by atoms with Gasteiger partial charge in [0.1, 0.15) is 0 Å². The molecule has 0 unspecified atom stereocenters. The molecule has 0 aliphatic carbocycles. The molecule has 0 saturated carbocycles. The Kier molecular flexibility index (Phi) is 3.33. The lowest BCUT2D eigenvalue weighted by atomic mass is 9.71. The van der Waals surface area contributed by atoms with Crippen LogP contribution in [0.5, 0.6) is 0 Å². The van der Waals surface area contributed by atoms with Gasteiger partial charge in [0.25, 0.3) is 0 Å². The van der Waals surface area contributed by atoms with Crippen molar-refractivity contribution in [2.24, 2.45) is 7.05 Å². The fraction of sp³-hybridized carbons (Fsp3) is 0.400. The number of nitrogens with one attached hydrogen (secondary N) is 1. The number of nitrogens with zero attached hydrogens (tertiary/aromatic N) is 2. The molecular weight excluding hydrogens is 258 g/mol. The molecule has 4 heteroatoms. The molecule has 1 N–H and O–H groups in total. The summed E-state index contributed by atoms with van der Waals surface area (Å²) in [5.74, 6) is 0. The van der Waals surface area contributed by atoms with Crippen molar-refractivity contribution in [1.29, 1.82) is 0 Å². The molecule has 1 saturated heterocycles. The van der Waals surface area contributed by atoms with Gasteiger partial charge in [0.15, 0.2) is 0 Å². The van der Waals surface area contributed by atoms with Crippen LogP contribution in [0.3, 0.4) is 0 Å². The Balaban J connectivity index is 1.76. The quantitative estimate of drug-likeness (QED) is 0.929. The van der Waals surface area contributed by atoms with Crippen LogP contribution in [0, 0.1) is 0 Å². The Morgan fingerprint density at radius 1 is 1.26 bits per heavy atom. The minimum Gasteiger partial charge on any atom is -0.315 e. The van der Waals surface area contributed by atoms with Gasteiger partial charge >= 0.3 is 0 Å². The normalized spacial score (nSPS) is 17.2. The Labute approximate surface area is 118 Å². The van der Waals surface area contributed by atoms with E-state index in [0.717, 1.165) is 31.0 Å². The molecular formula is C15H18ClN3. The zero-order valence-electron chi connectivity index (χ0n) is 11.1. The van der Waals surface area contributed by atoms with Crippen molar-refractivity contribution >= 4 is 11.6 Å². The van der Waals surface area contributed by atoms with Crippen LogP contribution < -0.4 is 5.32 Å². The molecule has 2 aromatic rings. The maximum atomic E-state index is 5.97. The number of aromatic nitrogens is 2. The molecule has 1 aliphatic rings. The lowest BCUT2D eigenvalue weighted by molar-refractivity contribution is 0.256. The zero-order valence-corrected chi connectivity index (χ0v) is 11.8. The third-order valence-electron chi connectivity index (χ3n) is 4.17. The molecule has 0 radical (unpaired) electrons. The third-order valence-corrected chi connectivity index (χ3v) is 4.42. The second kappa shape index (κ2) is 4.99. The first-order valence-electron chi connectivity index (χ1n) is 6.63. The molecule has 100 valence electrons. The molecule has 1 aromatic carbocycles. The van der Waals surface area contributed by atoms with E-state index >= 15 is 0 Å². The summed E-state index contributed by atoms with van der Waals surface area (Å²) in [6, 6.07) is 10.4. The van der Waals surface area contributed by atoms with Gasteiger partial charge in [0.05, 0.1) is 0 Å². The molecule has 1 aliphatic heterocycles. The minimum absolute atomic E-state index is 0.259. The van der Waals surface area contributed by atoms with E-state index in [9.17, 15) is 0 Å². The summed E-state index contributed by atoms with van der Waals surface area (Å²) in [4.78, 5) is 0. The molecule has 0 spiro atoms. The van der Waals surface area contributed by atoms with Crippen LogP contribution in [0.15, 0.2) is 36.5 Å². The highest BCUT2D eigenvalue weighted by Crippen LogP contribution is 2.34. The van der Waals surface area contributed by atoms with Gasteiger partial charge < -0.3 is 5.32 Å². The Hall–Kier alpha value is -1.32. The lowest BCUT2D eigenvalue weighted by Gasteiger charge is -2.43. The molecule has 2 heterocycles. The van der Waals surface area contributed by atoms with E-state index in [2.05, 4.69) is 28.6 Å². The summed E-state index contributed by atoms with van der Waals surface area (Å²) < 4.78 is 1.96. The van der Waals surface area contributed by atoms with Gasteiger partial charge in [0.2, 0.25) is 0 Å². The summed E-state index contributed by atoms with van der Waals surface area (Å²) in [5, 5.41) is 8.44. The monoisotopic (exact) mass is 275 g/mol. The van der Waals surface area contributed by atoms with E-state index in [1.165, 1.54) is 11.3 Å². The van der Waals surface area contributed by atoms with Crippen LogP contribution in [0.2, 0.25) is 5.02 Å². The van der Waals surface area contributed by atoms with Crippen LogP contribution in [-0.2, 0) is 18.9 Å². The van der Waals surface area contributed by atoms with E-state index < -0.39 is 0 Å². The first-order chi connectivity index (χ1) is 9.20. The average Bonchev–Trinajstić information content (AvgIpc) is 2.76. The Morgan fingerprint density at radius 3 is 2.53 bits per heavy atom. The van der Waals surface area contributed by atoms with E-state index in [1.54, 1.807) is 0 Å². The Bertz CT molecular complexity index is 555. The van der Waals surface area contributed by atoms with Crippen LogP contribution in [-0.4, -0.2) is 22.9 Å². The fourth-order valence-corrected chi connectivity index (χ4v) is 2.90. The SMILES string of the molecule is Cn1nccc1CCC1(c2ccc(Cl)cc2)CNC1. The van der Waals surface area contributed by atoms with Crippen LogP contribution >= 0.6 is 11.6 Å². The van der Waals surface area contributed by atoms with Crippen LogP contribution in [0.1, 0.15) is 17.7 Å². The van der Waals surface area contributed by atoms with Gasteiger partial charge in [-0.15, -0.1) is 0 Å². The number of hydrogen-bond acceptors (Lipinski definition) is 2. The minimum atomic E-state index is 0.259. The van der Waals surface area contributed by atoms with Gasteiger partial charge in [-0.1, -0.05) is 23.7 Å². The summed E-state index contributed by atoms with van der Waals surface area (Å²) in [7, 11) is 2.00. The van der Waals surface area contributed by atoms with Gasteiger partial charge in [-0.05, 0) is 36.6 Å². The van der Waals surface area contributed by atoms with Crippen molar-refractivity contribution in [3.63, 3.8) is 0 Å². The highest BCUT2D eigenvalue weighted by atomic mass is 35.5. The van der Waals surface area contributed by atoms with E-state index in [4.69, 9.17) is 11.6 Å². The van der Waals surface area contributed by atoms with E-state index in [-0.39, 0.29) is 5.41 Å². The molecule has 3 rings (SSSR count). The predicted octanol–water partition coefficient (Wildman–Crippen LogP) is 2.55. The highest BCUT2D eigenvalue weighted by molar-refractivity contribution is 6.30. The van der Waals surface area contributed by atoms with Crippen LogP contribution in [0.25, 0.3) is 0 Å². The Morgan fingerprint density at radius 2 is 2.00 bits per heavy atom.